The summed E-state index contributed by atoms with van der Waals surface area (Å²) in [5, 5.41) is 0. The summed E-state index contributed by atoms with van der Waals surface area (Å²) < 4.78 is 10.1. The molecule has 0 saturated heterocycles. The van der Waals surface area contributed by atoms with Crippen molar-refractivity contribution in [2.45, 2.75) is 25.3 Å². The summed E-state index contributed by atoms with van der Waals surface area (Å²) in [5.41, 5.74) is 7.98. The first-order valence-electron chi connectivity index (χ1n) is 5.78. The number of hydrogen-bond acceptors (Lipinski definition) is 4. The number of carbonyl (C=O) groups is 1. The molecule has 1 heterocycles. The summed E-state index contributed by atoms with van der Waals surface area (Å²) in [4.78, 5) is 11.2. The van der Waals surface area contributed by atoms with Gasteiger partial charge in [0.15, 0.2) is 0 Å². The van der Waals surface area contributed by atoms with Gasteiger partial charge < -0.3 is 15.2 Å². The molecule has 0 bridgehead atoms. The van der Waals surface area contributed by atoms with Crippen LogP contribution in [0.1, 0.15) is 17.5 Å². The second-order valence-electron chi connectivity index (χ2n) is 4.23. The molecule has 1 aromatic rings. The lowest BCUT2D eigenvalue weighted by molar-refractivity contribution is -0.142. The Morgan fingerprint density at radius 2 is 2.41 bits per heavy atom. The van der Waals surface area contributed by atoms with E-state index in [4.69, 9.17) is 10.5 Å². The smallest absolute Gasteiger partial charge is 0.322 e. The van der Waals surface area contributed by atoms with Crippen LogP contribution in [-0.2, 0) is 22.4 Å². The van der Waals surface area contributed by atoms with Gasteiger partial charge in [-0.15, -0.1) is 0 Å². The third-order valence-electron chi connectivity index (χ3n) is 2.93. The first-order chi connectivity index (χ1) is 8.20. The fourth-order valence-electron chi connectivity index (χ4n) is 2.03. The topological polar surface area (TPSA) is 61.5 Å². The second-order valence-corrected chi connectivity index (χ2v) is 4.23. The lowest BCUT2D eigenvalue weighted by Gasteiger charge is -2.18. The van der Waals surface area contributed by atoms with Gasteiger partial charge in [-0.05, 0) is 36.5 Å². The Hall–Kier alpha value is -1.55. The molecular formula is C13H17NO3. The van der Waals surface area contributed by atoms with Crippen molar-refractivity contribution >= 4 is 5.97 Å². The Bertz CT molecular complexity index is 417. The number of fused-ring (bicyclic) bond motifs is 1. The lowest BCUT2D eigenvalue weighted by atomic mass is 9.99. The molecule has 1 unspecified atom stereocenters. The van der Waals surface area contributed by atoms with E-state index in [2.05, 4.69) is 10.8 Å². The van der Waals surface area contributed by atoms with Gasteiger partial charge in [-0.25, -0.2) is 0 Å². The zero-order valence-electron chi connectivity index (χ0n) is 9.94. The fraction of sp³-hybridized carbons (Fsp3) is 0.462. The standard InChI is InChI=1S/C13H17NO3/c1-16-13(15)11(14)8-9-4-5-12-10(7-9)3-2-6-17-12/h4-5,7,11H,2-3,6,8,14H2,1H3. The number of rotatable bonds is 3. The van der Waals surface area contributed by atoms with Crippen molar-refractivity contribution < 1.29 is 14.3 Å². The molecule has 92 valence electrons. The summed E-state index contributed by atoms with van der Waals surface area (Å²) in [6, 6.07) is 5.38. The van der Waals surface area contributed by atoms with Gasteiger partial charge in [0.1, 0.15) is 11.8 Å². The molecule has 1 aromatic carbocycles. The van der Waals surface area contributed by atoms with Crippen molar-refractivity contribution in [2.75, 3.05) is 13.7 Å². The van der Waals surface area contributed by atoms with Crippen molar-refractivity contribution in [2.24, 2.45) is 5.73 Å². The zero-order valence-corrected chi connectivity index (χ0v) is 9.94. The monoisotopic (exact) mass is 235 g/mol. The zero-order chi connectivity index (χ0) is 12.3. The number of aryl methyl sites for hydroxylation is 1. The molecule has 4 heteroatoms. The number of benzene rings is 1. The number of nitrogens with two attached hydrogens (primary N) is 1. The average molecular weight is 235 g/mol. The number of ether oxygens (including phenoxy) is 2. The van der Waals surface area contributed by atoms with Crippen molar-refractivity contribution in [1.82, 2.24) is 0 Å². The van der Waals surface area contributed by atoms with E-state index < -0.39 is 6.04 Å². The molecule has 1 aliphatic rings. The van der Waals surface area contributed by atoms with Gasteiger partial charge >= 0.3 is 5.97 Å². The van der Waals surface area contributed by atoms with E-state index in [0.29, 0.717) is 6.42 Å². The maximum absolute atomic E-state index is 11.2. The Morgan fingerprint density at radius 1 is 1.59 bits per heavy atom. The van der Waals surface area contributed by atoms with Crippen LogP contribution in [0.4, 0.5) is 0 Å². The number of esters is 1. The largest absolute Gasteiger partial charge is 0.493 e. The highest BCUT2D eigenvalue weighted by atomic mass is 16.5. The number of carbonyl (C=O) groups excluding carboxylic acids is 1. The Balaban J connectivity index is 2.09. The molecule has 4 nitrogen and oxygen atoms in total. The average Bonchev–Trinajstić information content (AvgIpc) is 2.37. The maximum Gasteiger partial charge on any atom is 0.322 e. The van der Waals surface area contributed by atoms with Crippen LogP contribution in [-0.4, -0.2) is 25.7 Å². The Morgan fingerprint density at radius 3 is 3.18 bits per heavy atom. The molecule has 2 N–H and O–H groups in total. The molecule has 0 aliphatic carbocycles. The predicted octanol–water partition coefficient (Wildman–Crippen LogP) is 1.05. The third-order valence-corrected chi connectivity index (χ3v) is 2.93. The number of hydrogen-bond donors (Lipinski definition) is 1. The van der Waals surface area contributed by atoms with Gasteiger partial charge in [-0.2, -0.15) is 0 Å². The van der Waals surface area contributed by atoms with Crippen molar-refractivity contribution in [3.8, 4) is 5.75 Å². The highest BCUT2D eigenvalue weighted by molar-refractivity contribution is 5.75. The maximum atomic E-state index is 11.2. The van der Waals surface area contributed by atoms with Crippen LogP contribution in [0.25, 0.3) is 0 Å². The van der Waals surface area contributed by atoms with Gasteiger partial charge in [0, 0.05) is 0 Å². The minimum atomic E-state index is -0.595. The molecule has 0 saturated carbocycles. The van der Waals surface area contributed by atoms with Crippen LogP contribution in [0.3, 0.4) is 0 Å². The summed E-state index contributed by atoms with van der Waals surface area (Å²) >= 11 is 0. The van der Waals surface area contributed by atoms with E-state index in [1.54, 1.807) is 0 Å². The van der Waals surface area contributed by atoms with Crippen molar-refractivity contribution in [3.63, 3.8) is 0 Å². The normalized spacial score (nSPS) is 15.6. The molecular weight excluding hydrogens is 218 g/mol. The van der Waals surface area contributed by atoms with Gasteiger partial charge in [-0.3, -0.25) is 4.79 Å². The molecule has 1 aliphatic heterocycles. The first kappa shape index (κ1) is 11.9. The van der Waals surface area contributed by atoms with E-state index in [-0.39, 0.29) is 5.97 Å². The molecule has 0 amide bonds. The summed E-state index contributed by atoms with van der Waals surface area (Å²) in [6.45, 7) is 0.786. The van der Waals surface area contributed by atoms with Gasteiger partial charge in [0.05, 0.1) is 13.7 Å². The second kappa shape index (κ2) is 5.19. The van der Waals surface area contributed by atoms with Crippen LogP contribution >= 0.6 is 0 Å². The lowest BCUT2D eigenvalue weighted by Crippen LogP contribution is -2.33. The molecule has 1 atom stereocenters. The molecule has 2 rings (SSSR count). The van der Waals surface area contributed by atoms with Gasteiger partial charge in [0.25, 0.3) is 0 Å². The van der Waals surface area contributed by atoms with Crippen LogP contribution < -0.4 is 10.5 Å². The molecule has 0 radical (unpaired) electrons. The third kappa shape index (κ3) is 2.77. The summed E-state index contributed by atoms with van der Waals surface area (Å²) in [7, 11) is 1.35. The number of methoxy groups -OCH3 is 1. The fourth-order valence-corrected chi connectivity index (χ4v) is 2.03. The van der Waals surface area contributed by atoms with E-state index >= 15 is 0 Å². The van der Waals surface area contributed by atoms with E-state index in [0.717, 1.165) is 30.8 Å². The molecule has 17 heavy (non-hydrogen) atoms. The summed E-state index contributed by atoms with van der Waals surface area (Å²) in [6.07, 6.45) is 2.57. The highest BCUT2D eigenvalue weighted by Crippen LogP contribution is 2.25. The van der Waals surface area contributed by atoms with Crippen LogP contribution in [0, 0.1) is 0 Å². The Labute approximate surface area is 101 Å². The van der Waals surface area contributed by atoms with Crippen LogP contribution in [0.5, 0.6) is 5.75 Å². The van der Waals surface area contributed by atoms with Crippen LogP contribution in [0.2, 0.25) is 0 Å². The molecule has 0 fully saturated rings. The van der Waals surface area contributed by atoms with Crippen molar-refractivity contribution in [3.05, 3.63) is 29.3 Å². The molecule has 0 aromatic heterocycles. The van der Waals surface area contributed by atoms with Crippen molar-refractivity contribution in [1.29, 1.82) is 0 Å². The Kier molecular flexibility index (Phi) is 3.64. The quantitative estimate of drug-likeness (QED) is 0.796. The predicted molar refractivity (Wildman–Crippen MR) is 64.0 cm³/mol. The van der Waals surface area contributed by atoms with E-state index in [9.17, 15) is 4.79 Å². The first-order valence-corrected chi connectivity index (χ1v) is 5.78. The molecule has 0 spiro atoms. The van der Waals surface area contributed by atoms with Crippen LogP contribution in [0.15, 0.2) is 18.2 Å². The van der Waals surface area contributed by atoms with Gasteiger partial charge in [0.2, 0.25) is 0 Å². The van der Waals surface area contributed by atoms with E-state index in [1.807, 2.05) is 12.1 Å². The van der Waals surface area contributed by atoms with Gasteiger partial charge in [-0.1, -0.05) is 12.1 Å². The minimum Gasteiger partial charge on any atom is -0.493 e. The SMILES string of the molecule is COC(=O)C(N)Cc1ccc2c(c1)CCCO2. The van der Waals surface area contributed by atoms with E-state index in [1.165, 1.54) is 12.7 Å². The highest BCUT2D eigenvalue weighted by Gasteiger charge is 2.16. The minimum absolute atomic E-state index is 0.376. The summed E-state index contributed by atoms with van der Waals surface area (Å²) in [5.74, 6) is 0.575.